The third kappa shape index (κ3) is 3.81. The maximum Gasteiger partial charge on any atom is 0.322 e. The van der Waals surface area contributed by atoms with E-state index in [1.54, 1.807) is 11.0 Å². The quantitative estimate of drug-likeness (QED) is 0.858. The number of hydrogen-bond donors (Lipinski definition) is 2. The fourth-order valence-electron chi connectivity index (χ4n) is 3.82. The van der Waals surface area contributed by atoms with Crippen LogP contribution in [0.25, 0.3) is 0 Å². The minimum absolute atomic E-state index is 0.112. The zero-order chi connectivity index (χ0) is 19.5. The molecule has 2 heterocycles. The van der Waals surface area contributed by atoms with E-state index in [-0.39, 0.29) is 11.9 Å². The van der Waals surface area contributed by atoms with E-state index in [4.69, 9.17) is 4.74 Å². The van der Waals surface area contributed by atoms with Crippen LogP contribution < -0.4 is 20.3 Å². The van der Waals surface area contributed by atoms with Crippen LogP contribution in [-0.2, 0) is 6.42 Å². The van der Waals surface area contributed by atoms with Crippen molar-refractivity contribution in [3.8, 4) is 5.75 Å². The van der Waals surface area contributed by atoms with Crippen LogP contribution in [0.4, 0.5) is 10.5 Å². The van der Waals surface area contributed by atoms with Crippen LogP contribution in [0.3, 0.4) is 0 Å². The Morgan fingerprint density at radius 1 is 1.29 bits per heavy atom. The number of ether oxygens (including phenoxy) is 1. The lowest BCUT2D eigenvalue weighted by Crippen LogP contribution is -2.31. The smallest absolute Gasteiger partial charge is 0.322 e. The molecule has 0 bridgehead atoms. The highest BCUT2D eigenvalue weighted by Crippen LogP contribution is 2.27. The van der Waals surface area contributed by atoms with Gasteiger partial charge in [0.2, 0.25) is 0 Å². The first-order chi connectivity index (χ1) is 13.6. The lowest BCUT2D eigenvalue weighted by molar-refractivity contribution is 0.0945. The second-order valence-corrected chi connectivity index (χ2v) is 7.41. The molecule has 1 unspecified atom stereocenters. The number of nitrogens with one attached hydrogen (secondary N) is 2. The summed E-state index contributed by atoms with van der Waals surface area (Å²) in [6.07, 6.45) is 1.80. The number of amides is 3. The van der Waals surface area contributed by atoms with Crippen LogP contribution in [0.5, 0.6) is 5.75 Å². The normalized spacial score (nSPS) is 18.7. The molecule has 1 fully saturated rings. The highest BCUT2D eigenvalue weighted by atomic mass is 16.5. The molecule has 146 valence electrons. The summed E-state index contributed by atoms with van der Waals surface area (Å²) in [7, 11) is 0. The topological polar surface area (TPSA) is 70.7 Å². The third-order valence-electron chi connectivity index (χ3n) is 5.44. The van der Waals surface area contributed by atoms with Gasteiger partial charge < -0.3 is 15.4 Å². The molecule has 2 aliphatic heterocycles. The van der Waals surface area contributed by atoms with E-state index >= 15 is 0 Å². The number of hydrogen-bond acceptors (Lipinski definition) is 3. The van der Waals surface area contributed by atoms with Crippen molar-refractivity contribution >= 4 is 17.6 Å². The molecule has 1 atom stereocenters. The number of carbonyl (C=O) groups is 2. The second-order valence-electron chi connectivity index (χ2n) is 7.41. The van der Waals surface area contributed by atoms with Gasteiger partial charge in [-0.05, 0) is 55.0 Å². The van der Waals surface area contributed by atoms with Gasteiger partial charge in [0.05, 0.1) is 6.61 Å². The van der Waals surface area contributed by atoms with Crippen LogP contribution in [-0.4, -0.2) is 38.2 Å². The number of urea groups is 1. The van der Waals surface area contributed by atoms with Crippen molar-refractivity contribution in [1.82, 2.24) is 10.6 Å². The summed E-state index contributed by atoms with van der Waals surface area (Å²) in [4.78, 5) is 26.4. The molecule has 2 aromatic carbocycles. The Morgan fingerprint density at radius 3 is 2.96 bits per heavy atom. The minimum atomic E-state index is -0.113. The highest BCUT2D eigenvalue weighted by molar-refractivity contribution is 5.99. The van der Waals surface area contributed by atoms with Gasteiger partial charge in [-0.1, -0.05) is 24.3 Å². The van der Waals surface area contributed by atoms with E-state index in [9.17, 15) is 9.59 Å². The van der Waals surface area contributed by atoms with Crippen molar-refractivity contribution in [2.24, 2.45) is 5.92 Å². The first kappa shape index (κ1) is 18.3. The zero-order valence-corrected chi connectivity index (χ0v) is 16.0. The predicted molar refractivity (Wildman–Crippen MR) is 108 cm³/mol. The lowest BCUT2D eigenvalue weighted by Gasteiger charge is -2.19. The molecule has 1 saturated heterocycles. The van der Waals surface area contributed by atoms with E-state index in [1.165, 1.54) is 5.56 Å². The Labute approximate surface area is 164 Å². The van der Waals surface area contributed by atoms with Gasteiger partial charge in [-0.3, -0.25) is 9.69 Å². The fraction of sp³-hybridized carbons (Fsp3) is 0.364. The molecule has 28 heavy (non-hydrogen) atoms. The van der Waals surface area contributed by atoms with Crippen molar-refractivity contribution in [2.75, 3.05) is 31.1 Å². The van der Waals surface area contributed by atoms with Crippen LogP contribution >= 0.6 is 0 Å². The van der Waals surface area contributed by atoms with Crippen molar-refractivity contribution < 1.29 is 14.3 Å². The molecule has 6 nitrogen and oxygen atoms in total. The Balaban J connectivity index is 1.42. The summed E-state index contributed by atoms with van der Waals surface area (Å²) in [6, 6.07) is 13.5. The Morgan fingerprint density at radius 2 is 2.14 bits per heavy atom. The van der Waals surface area contributed by atoms with Crippen molar-refractivity contribution in [3.05, 3.63) is 59.2 Å². The maximum absolute atomic E-state index is 12.7. The number of rotatable bonds is 4. The van der Waals surface area contributed by atoms with Gasteiger partial charge in [0.15, 0.2) is 0 Å². The highest BCUT2D eigenvalue weighted by Gasteiger charge is 2.24. The van der Waals surface area contributed by atoms with Gasteiger partial charge in [-0.2, -0.15) is 0 Å². The third-order valence-corrected chi connectivity index (χ3v) is 5.44. The molecular formula is C22H25N3O3. The number of carbonyl (C=O) groups excluding carboxylic acids is 2. The Bertz CT molecular complexity index is 896. The van der Waals surface area contributed by atoms with E-state index in [0.717, 1.165) is 29.8 Å². The number of nitrogens with zero attached hydrogens (tertiary/aromatic N) is 1. The standard InChI is InChI=1S/C22H25N3O3/c1-15-6-7-18(13-19(15)25-10-9-23-22(25)27)21(26)24-14-16-8-11-28-20-5-3-2-4-17(20)12-16/h2-7,13,16H,8-12,14H2,1H3,(H,23,27)(H,24,26). The zero-order valence-electron chi connectivity index (χ0n) is 16.0. The van der Waals surface area contributed by atoms with Gasteiger partial charge in [-0.15, -0.1) is 0 Å². The van der Waals surface area contributed by atoms with E-state index < -0.39 is 0 Å². The number of aryl methyl sites for hydroxylation is 1. The van der Waals surface area contributed by atoms with Crippen molar-refractivity contribution in [3.63, 3.8) is 0 Å². The van der Waals surface area contributed by atoms with Gasteiger partial charge in [-0.25, -0.2) is 4.79 Å². The summed E-state index contributed by atoms with van der Waals surface area (Å²) >= 11 is 0. The molecule has 4 rings (SSSR count). The monoisotopic (exact) mass is 379 g/mol. The van der Waals surface area contributed by atoms with Crippen LogP contribution in [0, 0.1) is 12.8 Å². The summed E-state index contributed by atoms with van der Waals surface area (Å²) in [5, 5.41) is 5.86. The summed E-state index contributed by atoms with van der Waals surface area (Å²) in [5.41, 5.74) is 3.54. The average Bonchev–Trinajstić information content (AvgIpc) is 3.01. The molecule has 3 amide bonds. The molecule has 2 aliphatic rings. The first-order valence-corrected chi connectivity index (χ1v) is 9.77. The van der Waals surface area contributed by atoms with Crippen LogP contribution in [0.2, 0.25) is 0 Å². The number of benzene rings is 2. The van der Waals surface area contributed by atoms with Gasteiger partial charge in [0.25, 0.3) is 5.91 Å². The van der Waals surface area contributed by atoms with E-state index in [0.29, 0.717) is 37.7 Å². The van der Waals surface area contributed by atoms with Crippen molar-refractivity contribution in [1.29, 1.82) is 0 Å². The molecule has 2 aromatic rings. The second kappa shape index (κ2) is 7.92. The van der Waals surface area contributed by atoms with Crippen LogP contribution in [0.15, 0.2) is 42.5 Å². The molecule has 0 radical (unpaired) electrons. The molecule has 0 saturated carbocycles. The van der Waals surface area contributed by atoms with Gasteiger partial charge in [0.1, 0.15) is 5.75 Å². The largest absolute Gasteiger partial charge is 0.493 e. The predicted octanol–water partition coefficient (Wildman–Crippen LogP) is 2.90. The van der Waals surface area contributed by atoms with E-state index in [2.05, 4.69) is 16.7 Å². The molecular weight excluding hydrogens is 354 g/mol. The molecule has 0 aromatic heterocycles. The fourth-order valence-corrected chi connectivity index (χ4v) is 3.82. The summed E-state index contributed by atoms with van der Waals surface area (Å²) in [5.74, 6) is 1.17. The molecule has 0 aliphatic carbocycles. The van der Waals surface area contributed by atoms with Gasteiger partial charge >= 0.3 is 6.03 Å². The van der Waals surface area contributed by atoms with E-state index in [1.807, 2.05) is 37.3 Å². The maximum atomic E-state index is 12.7. The Kier molecular flexibility index (Phi) is 5.19. The molecule has 0 spiro atoms. The molecule has 6 heteroatoms. The number of para-hydroxylation sites is 1. The minimum Gasteiger partial charge on any atom is -0.493 e. The summed E-state index contributed by atoms with van der Waals surface area (Å²) < 4.78 is 5.81. The summed E-state index contributed by atoms with van der Waals surface area (Å²) in [6.45, 7) is 4.46. The SMILES string of the molecule is Cc1ccc(C(=O)NCC2CCOc3ccccc3C2)cc1N1CCNC1=O. The Hall–Kier alpha value is -3.02. The lowest BCUT2D eigenvalue weighted by atomic mass is 9.96. The average molecular weight is 379 g/mol. The molecule has 2 N–H and O–H groups in total. The number of anilines is 1. The van der Waals surface area contributed by atoms with Crippen molar-refractivity contribution in [2.45, 2.75) is 19.8 Å². The van der Waals surface area contributed by atoms with Gasteiger partial charge in [0, 0.05) is 30.9 Å². The first-order valence-electron chi connectivity index (χ1n) is 9.77. The van der Waals surface area contributed by atoms with Crippen LogP contribution in [0.1, 0.15) is 27.9 Å². The number of fused-ring (bicyclic) bond motifs is 1.